The molecule has 1 aliphatic carbocycles. The van der Waals surface area contributed by atoms with Crippen LogP contribution < -0.4 is 10.2 Å². The Bertz CT molecular complexity index is 550. The molecule has 0 spiro atoms. The van der Waals surface area contributed by atoms with Crippen molar-refractivity contribution in [2.75, 3.05) is 19.0 Å². The highest BCUT2D eigenvalue weighted by Gasteiger charge is 2.24. The summed E-state index contributed by atoms with van der Waals surface area (Å²) in [5.41, 5.74) is 2.47. The average Bonchev–Trinajstić information content (AvgIpc) is 2.91. The van der Waals surface area contributed by atoms with Gasteiger partial charge in [-0.2, -0.15) is 0 Å². The number of thiazole rings is 1. The molecule has 0 saturated carbocycles. The Morgan fingerprint density at radius 1 is 1.32 bits per heavy atom. The predicted molar refractivity (Wildman–Crippen MR) is 81.4 cm³/mol. The monoisotopic (exact) mass is 273 g/mol. The maximum absolute atomic E-state index is 4.83. The first-order chi connectivity index (χ1) is 9.29. The average molecular weight is 273 g/mol. The standard InChI is InChI=1S/C15H19N3S/c1-16-12-9-6-10-13-14(12)19-15(17-13)18(2)11-7-4-3-5-8-11/h3-5,7-8,12,16H,6,9-10H2,1-2H3. The second-order valence-electron chi connectivity index (χ2n) is 4.94. The number of aromatic nitrogens is 1. The molecule has 0 radical (unpaired) electrons. The molecule has 1 aromatic carbocycles. The van der Waals surface area contributed by atoms with Crippen molar-refractivity contribution in [3.8, 4) is 0 Å². The number of benzene rings is 1. The van der Waals surface area contributed by atoms with E-state index >= 15 is 0 Å². The van der Waals surface area contributed by atoms with Crippen molar-refractivity contribution in [2.24, 2.45) is 0 Å². The van der Waals surface area contributed by atoms with Gasteiger partial charge in [0, 0.05) is 23.7 Å². The van der Waals surface area contributed by atoms with Gasteiger partial charge < -0.3 is 10.2 Å². The van der Waals surface area contributed by atoms with E-state index in [0.29, 0.717) is 6.04 Å². The fourth-order valence-corrected chi connectivity index (χ4v) is 3.83. The van der Waals surface area contributed by atoms with Gasteiger partial charge in [-0.05, 0) is 38.4 Å². The molecule has 1 unspecified atom stereocenters. The van der Waals surface area contributed by atoms with Gasteiger partial charge in [-0.3, -0.25) is 0 Å². The normalized spacial score (nSPS) is 18.1. The lowest BCUT2D eigenvalue weighted by Gasteiger charge is -2.19. The molecule has 4 heteroatoms. The van der Waals surface area contributed by atoms with E-state index in [4.69, 9.17) is 4.98 Å². The van der Waals surface area contributed by atoms with Crippen LogP contribution in [0, 0.1) is 0 Å². The second-order valence-corrected chi connectivity index (χ2v) is 5.94. The first-order valence-corrected chi connectivity index (χ1v) is 7.57. The Morgan fingerprint density at radius 3 is 2.84 bits per heavy atom. The molecule has 2 aromatic rings. The van der Waals surface area contributed by atoms with Gasteiger partial charge >= 0.3 is 0 Å². The molecule has 0 amide bonds. The molecule has 1 heterocycles. The van der Waals surface area contributed by atoms with Crippen molar-refractivity contribution in [2.45, 2.75) is 25.3 Å². The van der Waals surface area contributed by atoms with Crippen molar-refractivity contribution in [1.29, 1.82) is 0 Å². The van der Waals surface area contributed by atoms with Crippen molar-refractivity contribution >= 4 is 22.2 Å². The third kappa shape index (κ3) is 2.38. The molecular formula is C15H19N3S. The van der Waals surface area contributed by atoms with Crippen molar-refractivity contribution in [3.63, 3.8) is 0 Å². The summed E-state index contributed by atoms with van der Waals surface area (Å²) in [7, 11) is 4.13. The molecule has 1 atom stereocenters. The Labute approximate surface area is 118 Å². The topological polar surface area (TPSA) is 28.2 Å². The van der Waals surface area contributed by atoms with Crippen LogP contribution in [0.4, 0.5) is 10.8 Å². The van der Waals surface area contributed by atoms with E-state index in [1.165, 1.54) is 29.1 Å². The van der Waals surface area contributed by atoms with Crippen LogP contribution in [0.25, 0.3) is 0 Å². The van der Waals surface area contributed by atoms with E-state index in [0.717, 1.165) is 11.6 Å². The molecule has 3 rings (SSSR count). The van der Waals surface area contributed by atoms with Gasteiger partial charge in [-0.15, -0.1) is 0 Å². The molecule has 0 saturated heterocycles. The number of aryl methyl sites for hydroxylation is 1. The van der Waals surface area contributed by atoms with E-state index in [1.807, 2.05) is 24.5 Å². The van der Waals surface area contributed by atoms with E-state index in [9.17, 15) is 0 Å². The zero-order chi connectivity index (χ0) is 13.2. The number of rotatable bonds is 3. The van der Waals surface area contributed by atoms with Gasteiger partial charge in [-0.25, -0.2) is 4.98 Å². The SMILES string of the molecule is CNC1CCCc2nc(N(C)c3ccccc3)sc21. The highest BCUT2D eigenvalue weighted by atomic mass is 32.1. The zero-order valence-corrected chi connectivity index (χ0v) is 12.2. The van der Waals surface area contributed by atoms with E-state index in [1.54, 1.807) is 0 Å². The second kappa shape index (κ2) is 5.31. The minimum atomic E-state index is 0.485. The molecule has 100 valence electrons. The van der Waals surface area contributed by atoms with Gasteiger partial charge in [0.1, 0.15) is 0 Å². The van der Waals surface area contributed by atoms with Gasteiger partial charge in [0.15, 0.2) is 5.13 Å². The lowest BCUT2D eigenvalue weighted by Crippen LogP contribution is -2.19. The van der Waals surface area contributed by atoms with Crippen LogP contribution in [0.2, 0.25) is 0 Å². The van der Waals surface area contributed by atoms with Crippen LogP contribution in [0.15, 0.2) is 30.3 Å². The largest absolute Gasteiger partial charge is 0.321 e. The van der Waals surface area contributed by atoms with Crippen molar-refractivity contribution in [1.82, 2.24) is 10.3 Å². The van der Waals surface area contributed by atoms with E-state index in [2.05, 4.69) is 41.5 Å². The molecule has 0 aliphatic heterocycles. The molecule has 1 aromatic heterocycles. The summed E-state index contributed by atoms with van der Waals surface area (Å²) >= 11 is 1.82. The van der Waals surface area contributed by atoms with Crippen LogP contribution in [-0.2, 0) is 6.42 Å². The number of anilines is 2. The van der Waals surface area contributed by atoms with Crippen molar-refractivity contribution in [3.05, 3.63) is 40.9 Å². The van der Waals surface area contributed by atoms with Crippen LogP contribution in [0.3, 0.4) is 0 Å². The summed E-state index contributed by atoms with van der Waals surface area (Å²) in [4.78, 5) is 8.43. The van der Waals surface area contributed by atoms with Gasteiger partial charge in [-0.1, -0.05) is 29.5 Å². The summed E-state index contributed by atoms with van der Waals surface area (Å²) in [6.07, 6.45) is 3.57. The van der Waals surface area contributed by atoms with Crippen LogP contribution >= 0.6 is 11.3 Å². The Balaban J connectivity index is 1.92. The third-order valence-electron chi connectivity index (χ3n) is 3.72. The summed E-state index contributed by atoms with van der Waals surface area (Å²) < 4.78 is 0. The molecule has 3 nitrogen and oxygen atoms in total. The lowest BCUT2D eigenvalue weighted by atomic mass is 9.98. The third-order valence-corrected chi connectivity index (χ3v) is 5.01. The first-order valence-electron chi connectivity index (χ1n) is 6.75. The van der Waals surface area contributed by atoms with E-state index in [-0.39, 0.29) is 0 Å². The molecule has 0 fully saturated rings. The number of hydrogen-bond donors (Lipinski definition) is 1. The van der Waals surface area contributed by atoms with Crippen LogP contribution in [0.5, 0.6) is 0 Å². The number of hydrogen-bond acceptors (Lipinski definition) is 4. The Kier molecular flexibility index (Phi) is 3.53. The van der Waals surface area contributed by atoms with E-state index < -0.39 is 0 Å². The lowest BCUT2D eigenvalue weighted by molar-refractivity contribution is 0.501. The van der Waals surface area contributed by atoms with Crippen LogP contribution in [0.1, 0.15) is 29.5 Å². The highest BCUT2D eigenvalue weighted by molar-refractivity contribution is 7.15. The first kappa shape index (κ1) is 12.6. The smallest absolute Gasteiger partial charge is 0.190 e. The van der Waals surface area contributed by atoms with Gasteiger partial charge in [0.25, 0.3) is 0 Å². The molecule has 1 aliphatic rings. The zero-order valence-electron chi connectivity index (χ0n) is 11.4. The molecule has 19 heavy (non-hydrogen) atoms. The summed E-state index contributed by atoms with van der Waals surface area (Å²) in [5, 5.41) is 4.50. The minimum Gasteiger partial charge on any atom is -0.321 e. The fraction of sp³-hybridized carbons (Fsp3) is 0.400. The summed E-state index contributed by atoms with van der Waals surface area (Å²) in [6, 6.07) is 10.9. The van der Waals surface area contributed by atoms with Crippen molar-refractivity contribution < 1.29 is 0 Å². The molecule has 1 N–H and O–H groups in total. The van der Waals surface area contributed by atoms with Gasteiger partial charge in [0.05, 0.1) is 5.69 Å². The minimum absolute atomic E-state index is 0.485. The number of para-hydroxylation sites is 1. The highest BCUT2D eigenvalue weighted by Crippen LogP contribution is 2.38. The number of nitrogens with zero attached hydrogens (tertiary/aromatic N) is 2. The van der Waals surface area contributed by atoms with Crippen LogP contribution in [-0.4, -0.2) is 19.1 Å². The molecule has 0 bridgehead atoms. The Morgan fingerprint density at radius 2 is 2.11 bits per heavy atom. The fourth-order valence-electron chi connectivity index (χ4n) is 2.59. The predicted octanol–water partition coefficient (Wildman–Crippen LogP) is 3.51. The number of fused-ring (bicyclic) bond motifs is 1. The Hall–Kier alpha value is -1.39. The van der Waals surface area contributed by atoms with Gasteiger partial charge in [0.2, 0.25) is 0 Å². The molecular weight excluding hydrogens is 254 g/mol. The maximum atomic E-state index is 4.83. The maximum Gasteiger partial charge on any atom is 0.190 e. The number of nitrogens with one attached hydrogen (secondary N) is 1. The summed E-state index contributed by atoms with van der Waals surface area (Å²) in [6.45, 7) is 0. The quantitative estimate of drug-likeness (QED) is 0.927. The summed E-state index contributed by atoms with van der Waals surface area (Å²) in [5.74, 6) is 0.